The van der Waals surface area contributed by atoms with Crippen molar-refractivity contribution in [1.82, 2.24) is 5.32 Å². The van der Waals surface area contributed by atoms with Crippen LogP contribution >= 0.6 is 12.4 Å². The van der Waals surface area contributed by atoms with Crippen molar-refractivity contribution in [1.29, 1.82) is 0 Å². The molecule has 2 nitrogen and oxygen atoms in total. The number of para-hydroxylation sites is 1. The normalized spacial score (nSPS) is 22.6. The lowest BCUT2D eigenvalue weighted by atomic mass is 10.0. The first-order chi connectivity index (χ1) is 7.12. The molecule has 0 bridgehead atoms. The highest BCUT2D eigenvalue weighted by atomic mass is 35.5. The third-order valence-corrected chi connectivity index (χ3v) is 2.62. The average molecular weight is 250 g/mol. The third-order valence-electron chi connectivity index (χ3n) is 2.62. The lowest BCUT2D eigenvalue weighted by Gasteiger charge is -2.14. The number of hydrogen-bond donors (Lipinski definition) is 1. The number of alkyl halides is 2. The van der Waals surface area contributed by atoms with E-state index in [1.807, 2.05) is 18.2 Å². The molecule has 0 radical (unpaired) electrons. The summed E-state index contributed by atoms with van der Waals surface area (Å²) in [4.78, 5) is 0. The molecular formula is C11H14ClF2NO. The maximum Gasteiger partial charge on any atom is 0.262 e. The van der Waals surface area contributed by atoms with Crippen molar-refractivity contribution in [3.63, 3.8) is 0 Å². The number of nitrogens with one attached hydrogen (secondary N) is 1. The van der Waals surface area contributed by atoms with Crippen molar-refractivity contribution < 1.29 is 13.5 Å². The zero-order valence-electron chi connectivity index (χ0n) is 8.87. The van der Waals surface area contributed by atoms with Gasteiger partial charge in [-0.1, -0.05) is 18.2 Å². The molecule has 2 rings (SSSR count). The SMILES string of the molecule is COc1ccccc1C1CC(F)(F)CN1.Cl. The van der Waals surface area contributed by atoms with Gasteiger partial charge in [-0.2, -0.15) is 0 Å². The van der Waals surface area contributed by atoms with Gasteiger partial charge in [0.15, 0.2) is 0 Å². The van der Waals surface area contributed by atoms with Gasteiger partial charge in [0.25, 0.3) is 5.92 Å². The predicted octanol–water partition coefficient (Wildman–Crippen LogP) is 2.79. The molecule has 0 saturated carbocycles. The second-order valence-corrected chi connectivity index (χ2v) is 3.74. The number of benzene rings is 1. The summed E-state index contributed by atoms with van der Waals surface area (Å²) >= 11 is 0. The van der Waals surface area contributed by atoms with Crippen molar-refractivity contribution in [2.24, 2.45) is 0 Å². The first kappa shape index (κ1) is 13.2. The van der Waals surface area contributed by atoms with Crippen LogP contribution in [0.4, 0.5) is 8.78 Å². The van der Waals surface area contributed by atoms with Crippen LogP contribution in [0.2, 0.25) is 0 Å². The molecule has 0 aromatic heterocycles. The number of methoxy groups -OCH3 is 1. The summed E-state index contributed by atoms with van der Waals surface area (Å²) in [5.74, 6) is -1.95. The van der Waals surface area contributed by atoms with Crippen molar-refractivity contribution in [3.05, 3.63) is 29.8 Å². The van der Waals surface area contributed by atoms with E-state index in [-0.39, 0.29) is 31.4 Å². The molecule has 16 heavy (non-hydrogen) atoms. The quantitative estimate of drug-likeness (QED) is 0.870. The van der Waals surface area contributed by atoms with Crippen LogP contribution in [0.5, 0.6) is 5.75 Å². The van der Waals surface area contributed by atoms with Crippen LogP contribution in [0.25, 0.3) is 0 Å². The van der Waals surface area contributed by atoms with Crippen molar-refractivity contribution in [2.45, 2.75) is 18.4 Å². The van der Waals surface area contributed by atoms with Gasteiger partial charge < -0.3 is 10.1 Å². The summed E-state index contributed by atoms with van der Waals surface area (Å²) in [6.45, 7) is -0.254. The first-order valence-electron chi connectivity index (χ1n) is 4.86. The van der Waals surface area contributed by atoms with E-state index in [0.29, 0.717) is 5.75 Å². The van der Waals surface area contributed by atoms with Crippen LogP contribution in [0.15, 0.2) is 24.3 Å². The Morgan fingerprint density at radius 3 is 2.62 bits per heavy atom. The molecule has 90 valence electrons. The highest BCUT2D eigenvalue weighted by Crippen LogP contribution is 2.37. The third kappa shape index (κ3) is 2.62. The molecule has 5 heteroatoms. The monoisotopic (exact) mass is 249 g/mol. The molecule has 1 aliphatic heterocycles. The largest absolute Gasteiger partial charge is 0.496 e. The van der Waals surface area contributed by atoms with E-state index in [4.69, 9.17) is 4.74 Å². The zero-order chi connectivity index (χ0) is 10.9. The van der Waals surface area contributed by atoms with E-state index in [2.05, 4.69) is 5.32 Å². The Balaban J connectivity index is 0.00000128. The van der Waals surface area contributed by atoms with Gasteiger partial charge in [0.1, 0.15) is 5.75 Å². The second-order valence-electron chi connectivity index (χ2n) is 3.74. The van der Waals surface area contributed by atoms with E-state index in [1.165, 1.54) is 0 Å². The first-order valence-corrected chi connectivity index (χ1v) is 4.86. The highest BCUT2D eigenvalue weighted by molar-refractivity contribution is 5.85. The minimum Gasteiger partial charge on any atom is -0.496 e. The summed E-state index contributed by atoms with van der Waals surface area (Å²) < 4.78 is 31.2. The molecule has 1 aromatic rings. The van der Waals surface area contributed by atoms with Crippen LogP contribution in [-0.2, 0) is 0 Å². The summed E-state index contributed by atoms with van der Waals surface area (Å²) in [6.07, 6.45) is -0.159. The Morgan fingerprint density at radius 1 is 1.38 bits per heavy atom. The van der Waals surface area contributed by atoms with Gasteiger partial charge in [0.05, 0.1) is 13.7 Å². The molecular weight excluding hydrogens is 236 g/mol. The fraction of sp³-hybridized carbons (Fsp3) is 0.455. The molecule has 1 N–H and O–H groups in total. The Hall–Kier alpha value is -0.870. The van der Waals surface area contributed by atoms with Crippen molar-refractivity contribution in [3.8, 4) is 5.75 Å². The number of hydrogen-bond acceptors (Lipinski definition) is 2. The summed E-state index contributed by atoms with van der Waals surface area (Å²) in [5, 5.41) is 2.81. The second kappa shape index (κ2) is 4.97. The number of halogens is 3. The molecule has 1 aliphatic rings. The Labute approximate surface area is 99.4 Å². The maximum atomic E-state index is 13.0. The van der Waals surface area contributed by atoms with E-state index < -0.39 is 5.92 Å². The zero-order valence-corrected chi connectivity index (χ0v) is 9.69. The molecule has 0 aliphatic carbocycles. The molecule has 1 aromatic carbocycles. The van der Waals surface area contributed by atoms with E-state index in [9.17, 15) is 8.78 Å². The lowest BCUT2D eigenvalue weighted by molar-refractivity contribution is 0.0209. The minimum atomic E-state index is -2.61. The van der Waals surface area contributed by atoms with E-state index in [0.717, 1.165) is 5.56 Å². The molecule has 0 amide bonds. The number of ether oxygens (including phenoxy) is 1. The molecule has 1 heterocycles. The van der Waals surface area contributed by atoms with Gasteiger partial charge in [-0.05, 0) is 6.07 Å². The molecule has 1 unspecified atom stereocenters. The Morgan fingerprint density at radius 2 is 2.06 bits per heavy atom. The topological polar surface area (TPSA) is 21.3 Å². The van der Waals surface area contributed by atoms with Gasteiger partial charge in [-0.3, -0.25) is 0 Å². The smallest absolute Gasteiger partial charge is 0.262 e. The molecule has 0 spiro atoms. The summed E-state index contributed by atoms with van der Waals surface area (Å²) in [7, 11) is 1.55. The Kier molecular flexibility index (Phi) is 4.10. The number of rotatable bonds is 2. The van der Waals surface area contributed by atoms with Gasteiger partial charge in [0.2, 0.25) is 0 Å². The van der Waals surface area contributed by atoms with Crippen LogP contribution in [0.1, 0.15) is 18.0 Å². The van der Waals surface area contributed by atoms with Gasteiger partial charge in [0, 0.05) is 18.0 Å². The molecule has 1 atom stereocenters. The predicted molar refractivity (Wildman–Crippen MR) is 60.5 cm³/mol. The fourth-order valence-electron chi connectivity index (χ4n) is 1.89. The highest BCUT2D eigenvalue weighted by Gasteiger charge is 2.40. The Bertz CT molecular complexity index is 360. The van der Waals surface area contributed by atoms with Gasteiger partial charge >= 0.3 is 0 Å². The molecule has 1 saturated heterocycles. The van der Waals surface area contributed by atoms with E-state index >= 15 is 0 Å². The van der Waals surface area contributed by atoms with Crippen molar-refractivity contribution >= 4 is 12.4 Å². The average Bonchev–Trinajstić information content (AvgIpc) is 2.59. The minimum absolute atomic E-state index is 0. The summed E-state index contributed by atoms with van der Waals surface area (Å²) in [6, 6.07) is 6.95. The van der Waals surface area contributed by atoms with Crippen LogP contribution in [-0.4, -0.2) is 19.6 Å². The van der Waals surface area contributed by atoms with Gasteiger partial charge in [-0.25, -0.2) is 8.78 Å². The van der Waals surface area contributed by atoms with Gasteiger partial charge in [-0.15, -0.1) is 12.4 Å². The fourth-order valence-corrected chi connectivity index (χ4v) is 1.89. The lowest BCUT2D eigenvalue weighted by Crippen LogP contribution is -2.19. The summed E-state index contributed by atoms with van der Waals surface area (Å²) in [5.41, 5.74) is 0.803. The standard InChI is InChI=1S/C11H13F2NO.ClH/c1-15-10-5-3-2-4-8(10)9-6-11(12,13)7-14-9;/h2-5,9,14H,6-7H2,1H3;1H. The van der Waals surface area contributed by atoms with Crippen LogP contribution < -0.4 is 10.1 Å². The van der Waals surface area contributed by atoms with Crippen molar-refractivity contribution in [2.75, 3.05) is 13.7 Å². The van der Waals surface area contributed by atoms with E-state index in [1.54, 1.807) is 13.2 Å². The maximum absolute atomic E-state index is 13.0. The molecule has 1 fully saturated rings. The van der Waals surface area contributed by atoms with Crippen LogP contribution in [0.3, 0.4) is 0 Å². The van der Waals surface area contributed by atoms with Crippen LogP contribution in [0, 0.1) is 0 Å².